The highest BCUT2D eigenvalue weighted by molar-refractivity contribution is 7.93. The number of nitrogens with zero attached hydrogens (tertiary/aromatic N) is 1. The van der Waals surface area contributed by atoms with E-state index in [2.05, 4.69) is 5.32 Å². The number of rotatable bonds is 6. The summed E-state index contributed by atoms with van der Waals surface area (Å²) in [5, 5.41) is 2.85. The first-order chi connectivity index (χ1) is 12.0. The van der Waals surface area contributed by atoms with Gasteiger partial charge in [0.25, 0.3) is 0 Å². The molecule has 0 aliphatic carbocycles. The first kappa shape index (κ1) is 17.9. The minimum atomic E-state index is -3.16. The van der Waals surface area contributed by atoms with E-state index in [0.717, 1.165) is 31.4 Å². The second kappa shape index (κ2) is 8.01. The van der Waals surface area contributed by atoms with Gasteiger partial charge in [-0.15, -0.1) is 0 Å². The highest BCUT2D eigenvalue weighted by Gasteiger charge is 2.28. The van der Waals surface area contributed by atoms with Crippen LogP contribution in [0.1, 0.15) is 31.2 Å². The van der Waals surface area contributed by atoms with E-state index >= 15 is 0 Å². The summed E-state index contributed by atoms with van der Waals surface area (Å²) >= 11 is 0. The zero-order chi connectivity index (χ0) is 17.7. The summed E-state index contributed by atoms with van der Waals surface area (Å²) in [6.07, 6.45) is 7.19. The molecule has 25 heavy (non-hydrogen) atoms. The molecular weight excluding hydrogens is 340 g/mol. The SMILES string of the molecule is O=C(/C=C/c1ccc(N2CCCS2(=O)=O)cc1)NCC[C@H]1CCCO1. The lowest BCUT2D eigenvalue weighted by molar-refractivity contribution is -0.116. The van der Waals surface area contributed by atoms with E-state index in [1.165, 1.54) is 10.4 Å². The fourth-order valence-electron chi connectivity index (χ4n) is 3.14. The number of benzene rings is 1. The summed E-state index contributed by atoms with van der Waals surface area (Å²) in [7, 11) is -3.16. The van der Waals surface area contributed by atoms with Crippen LogP contribution in [0, 0.1) is 0 Å². The maximum absolute atomic E-state index is 11.9. The van der Waals surface area contributed by atoms with E-state index in [1.54, 1.807) is 18.2 Å². The predicted molar refractivity (Wildman–Crippen MR) is 97.8 cm³/mol. The van der Waals surface area contributed by atoms with Gasteiger partial charge in [-0.1, -0.05) is 12.1 Å². The van der Waals surface area contributed by atoms with E-state index < -0.39 is 10.0 Å². The molecule has 136 valence electrons. The molecule has 1 atom stereocenters. The molecule has 1 amide bonds. The van der Waals surface area contributed by atoms with Crippen molar-refractivity contribution in [2.24, 2.45) is 0 Å². The molecule has 0 bridgehead atoms. The molecule has 3 rings (SSSR count). The molecule has 1 N–H and O–H groups in total. The molecule has 6 nitrogen and oxygen atoms in total. The van der Waals surface area contributed by atoms with E-state index in [1.807, 2.05) is 12.1 Å². The van der Waals surface area contributed by atoms with E-state index in [4.69, 9.17) is 4.74 Å². The third-order valence-electron chi connectivity index (χ3n) is 4.50. The Balaban J connectivity index is 1.48. The number of hydrogen-bond donors (Lipinski definition) is 1. The number of carbonyl (C=O) groups is 1. The Bertz CT molecular complexity index is 722. The molecule has 7 heteroatoms. The third-order valence-corrected chi connectivity index (χ3v) is 6.37. The van der Waals surface area contributed by atoms with Crippen LogP contribution >= 0.6 is 0 Å². The number of carbonyl (C=O) groups excluding carboxylic acids is 1. The molecule has 2 aliphatic rings. The summed E-state index contributed by atoms with van der Waals surface area (Å²) in [6, 6.07) is 7.19. The van der Waals surface area contributed by atoms with Gasteiger partial charge in [0, 0.05) is 25.8 Å². The van der Waals surface area contributed by atoms with Crippen molar-refractivity contribution in [2.75, 3.05) is 29.8 Å². The number of hydrogen-bond acceptors (Lipinski definition) is 4. The summed E-state index contributed by atoms with van der Waals surface area (Å²) in [4.78, 5) is 11.8. The van der Waals surface area contributed by atoms with Gasteiger partial charge in [0.2, 0.25) is 15.9 Å². The van der Waals surface area contributed by atoms with Gasteiger partial charge in [-0.05, 0) is 49.5 Å². The summed E-state index contributed by atoms with van der Waals surface area (Å²) in [5.41, 5.74) is 1.53. The topological polar surface area (TPSA) is 75.7 Å². The maximum atomic E-state index is 11.9. The number of sulfonamides is 1. The monoisotopic (exact) mass is 364 g/mol. The summed E-state index contributed by atoms with van der Waals surface area (Å²) in [6.45, 7) is 1.97. The number of ether oxygens (including phenoxy) is 1. The van der Waals surface area contributed by atoms with Crippen LogP contribution in [0.3, 0.4) is 0 Å². The highest BCUT2D eigenvalue weighted by Crippen LogP contribution is 2.24. The normalized spacial score (nSPS) is 22.6. The van der Waals surface area contributed by atoms with E-state index in [-0.39, 0.29) is 17.8 Å². The van der Waals surface area contributed by atoms with Crippen LogP contribution in [-0.4, -0.2) is 45.9 Å². The number of anilines is 1. The van der Waals surface area contributed by atoms with Crippen molar-refractivity contribution in [3.8, 4) is 0 Å². The molecule has 0 unspecified atom stereocenters. The molecule has 0 spiro atoms. The van der Waals surface area contributed by atoms with Crippen molar-refractivity contribution in [2.45, 2.75) is 31.8 Å². The molecular formula is C18H24N2O4S. The molecule has 0 radical (unpaired) electrons. The Morgan fingerprint density at radius 1 is 1.28 bits per heavy atom. The van der Waals surface area contributed by atoms with Gasteiger partial charge in [-0.3, -0.25) is 9.10 Å². The minimum Gasteiger partial charge on any atom is -0.378 e. The van der Waals surface area contributed by atoms with Gasteiger partial charge in [-0.25, -0.2) is 8.42 Å². The first-order valence-electron chi connectivity index (χ1n) is 8.73. The molecule has 2 aliphatic heterocycles. The Kier molecular flexibility index (Phi) is 5.75. The average molecular weight is 364 g/mol. The van der Waals surface area contributed by atoms with Gasteiger partial charge in [0.05, 0.1) is 17.5 Å². The maximum Gasteiger partial charge on any atom is 0.244 e. The van der Waals surface area contributed by atoms with Crippen LogP contribution in [0.5, 0.6) is 0 Å². The van der Waals surface area contributed by atoms with Crippen LogP contribution < -0.4 is 9.62 Å². The zero-order valence-electron chi connectivity index (χ0n) is 14.2. The molecule has 0 saturated carbocycles. The van der Waals surface area contributed by atoms with Crippen molar-refractivity contribution in [1.82, 2.24) is 5.32 Å². The van der Waals surface area contributed by atoms with Crippen LogP contribution in [-0.2, 0) is 19.6 Å². The van der Waals surface area contributed by atoms with Crippen molar-refractivity contribution < 1.29 is 17.9 Å². The minimum absolute atomic E-state index is 0.135. The van der Waals surface area contributed by atoms with Crippen molar-refractivity contribution >= 4 is 27.7 Å². The third kappa shape index (κ3) is 4.83. The van der Waals surface area contributed by atoms with Gasteiger partial charge in [0.1, 0.15) is 0 Å². The second-order valence-electron chi connectivity index (χ2n) is 6.38. The molecule has 1 aromatic rings. The van der Waals surface area contributed by atoms with Crippen molar-refractivity contribution in [3.63, 3.8) is 0 Å². The summed E-state index contributed by atoms with van der Waals surface area (Å²) < 4.78 is 30.8. The van der Waals surface area contributed by atoms with Crippen LogP contribution in [0.25, 0.3) is 6.08 Å². The average Bonchev–Trinajstić information content (AvgIpc) is 3.22. The van der Waals surface area contributed by atoms with Crippen molar-refractivity contribution in [1.29, 1.82) is 0 Å². The molecule has 1 aromatic carbocycles. The number of amides is 1. The Morgan fingerprint density at radius 3 is 2.72 bits per heavy atom. The van der Waals surface area contributed by atoms with Gasteiger partial charge >= 0.3 is 0 Å². The molecule has 2 fully saturated rings. The largest absolute Gasteiger partial charge is 0.378 e. The standard InChI is InChI=1S/C18H24N2O4S/c21-18(19-11-10-17-3-1-13-24-17)9-6-15-4-7-16(8-5-15)20-12-2-14-25(20,22)23/h4-9,17H,1-3,10-14H2,(H,19,21)/b9-6+/t17-/m1/s1. The number of nitrogens with one attached hydrogen (secondary N) is 1. The second-order valence-corrected chi connectivity index (χ2v) is 8.39. The quantitative estimate of drug-likeness (QED) is 0.783. The highest BCUT2D eigenvalue weighted by atomic mass is 32.2. The van der Waals surface area contributed by atoms with Crippen molar-refractivity contribution in [3.05, 3.63) is 35.9 Å². The lowest BCUT2D eigenvalue weighted by Crippen LogP contribution is -2.25. The smallest absolute Gasteiger partial charge is 0.244 e. The fourth-order valence-corrected chi connectivity index (χ4v) is 4.70. The Labute approximate surface area is 148 Å². The lowest BCUT2D eigenvalue weighted by Gasteiger charge is -2.16. The molecule has 0 aromatic heterocycles. The molecule has 2 saturated heterocycles. The van der Waals surface area contributed by atoms with Gasteiger partial charge in [0.15, 0.2) is 0 Å². The van der Waals surface area contributed by atoms with Crippen LogP contribution in [0.4, 0.5) is 5.69 Å². The van der Waals surface area contributed by atoms with Crippen LogP contribution in [0.15, 0.2) is 30.3 Å². The first-order valence-corrected chi connectivity index (χ1v) is 10.3. The lowest BCUT2D eigenvalue weighted by atomic mass is 10.2. The Morgan fingerprint density at radius 2 is 2.08 bits per heavy atom. The van der Waals surface area contributed by atoms with Crippen LogP contribution in [0.2, 0.25) is 0 Å². The van der Waals surface area contributed by atoms with E-state index in [0.29, 0.717) is 25.2 Å². The molecule has 2 heterocycles. The predicted octanol–water partition coefficient (Wildman–Crippen LogP) is 1.93. The zero-order valence-corrected chi connectivity index (χ0v) is 15.0. The van der Waals surface area contributed by atoms with E-state index in [9.17, 15) is 13.2 Å². The fraction of sp³-hybridized carbons (Fsp3) is 0.500. The van der Waals surface area contributed by atoms with Gasteiger partial charge in [-0.2, -0.15) is 0 Å². The summed E-state index contributed by atoms with van der Waals surface area (Å²) in [5.74, 6) is 0.0740. The van der Waals surface area contributed by atoms with Gasteiger partial charge < -0.3 is 10.1 Å². The Hall–Kier alpha value is -1.86.